The molecule has 0 spiro atoms. The molecular weight excluding hydrogens is 562 g/mol. The summed E-state index contributed by atoms with van der Waals surface area (Å²) in [6.45, 7) is 5.50. The van der Waals surface area contributed by atoms with E-state index < -0.39 is 17.9 Å². The Hall–Kier alpha value is -5.28. The van der Waals surface area contributed by atoms with Gasteiger partial charge in [0.1, 0.15) is 0 Å². The number of carbonyl (C=O) groups is 4. The number of hydrogen-bond donors (Lipinski definition) is 3. The lowest BCUT2D eigenvalue weighted by Crippen LogP contribution is -2.35. The standard InChI is InChI=1S/C19H21NO4.C16H14O4/c1-12-4-6-14(7-5-12)15-8-16(18(22)20-13(2)11-21)10-17(9-15)19(23)24-3;1-10-3-5-11(6-4-10)12-7-13(15(17)18)9-14(8-12)16(19)20-2/h4-10,13,21H,11H2,1-3H3,(H,20,22);3-9H,1-2H3,(H,17,18)/t13-;/m0./s1. The SMILES string of the molecule is COC(=O)c1cc(C(=O)N[C@@H](C)CO)cc(-c2ccc(C)cc2)c1.COC(=O)c1cc(C(=O)O)cc(-c2ccc(C)cc2)c1. The highest BCUT2D eigenvalue weighted by Gasteiger charge is 2.16. The number of ether oxygens (including phenoxy) is 2. The van der Waals surface area contributed by atoms with Crippen molar-refractivity contribution in [3.8, 4) is 22.3 Å². The molecule has 9 nitrogen and oxygen atoms in total. The van der Waals surface area contributed by atoms with Crippen LogP contribution >= 0.6 is 0 Å². The van der Waals surface area contributed by atoms with Crippen molar-refractivity contribution < 1.29 is 38.9 Å². The van der Waals surface area contributed by atoms with E-state index in [0.29, 0.717) is 16.7 Å². The van der Waals surface area contributed by atoms with Crippen molar-refractivity contribution in [2.75, 3.05) is 20.8 Å². The van der Waals surface area contributed by atoms with Gasteiger partial charge in [-0.05, 0) is 79.4 Å². The minimum Gasteiger partial charge on any atom is -0.478 e. The van der Waals surface area contributed by atoms with E-state index in [0.717, 1.165) is 27.8 Å². The van der Waals surface area contributed by atoms with E-state index in [1.807, 2.05) is 62.4 Å². The highest BCUT2D eigenvalue weighted by atomic mass is 16.5. The lowest BCUT2D eigenvalue weighted by molar-refractivity contribution is 0.0591. The molecule has 3 N–H and O–H groups in total. The van der Waals surface area contributed by atoms with Crippen LogP contribution < -0.4 is 5.32 Å². The molecule has 0 unspecified atom stereocenters. The van der Waals surface area contributed by atoms with Gasteiger partial charge in [-0.3, -0.25) is 4.79 Å². The molecule has 0 aliphatic heterocycles. The lowest BCUT2D eigenvalue weighted by atomic mass is 9.98. The van der Waals surface area contributed by atoms with Crippen molar-refractivity contribution in [3.63, 3.8) is 0 Å². The summed E-state index contributed by atoms with van der Waals surface area (Å²) >= 11 is 0. The van der Waals surface area contributed by atoms with Crippen LogP contribution in [-0.2, 0) is 9.47 Å². The topological polar surface area (TPSA) is 139 Å². The maximum Gasteiger partial charge on any atom is 0.337 e. The highest BCUT2D eigenvalue weighted by Crippen LogP contribution is 2.25. The number of aliphatic hydroxyl groups excluding tert-OH is 1. The third-order valence-electron chi connectivity index (χ3n) is 6.64. The largest absolute Gasteiger partial charge is 0.478 e. The number of aromatic carboxylic acids is 1. The van der Waals surface area contributed by atoms with Crippen LogP contribution in [-0.4, -0.2) is 60.9 Å². The maximum absolute atomic E-state index is 12.3. The molecule has 44 heavy (non-hydrogen) atoms. The van der Waals surface area contributed by atoms with Crippen LogP contribution in [0.4, 0.5) is 0 Å². The summed E-state index contributed by atoms with van der Waals surface area (Å²) in [6.07, 6.45) is 0. The zero-order valence-electron chi connectivity index (χ0n) is 25.2. The second kappa shape index (κ2) is 15.3. The van der Waals surface area contributed by atoms with Gasteiger partial charge in [0.05, 0.1) is 37.5 Å². The Morgan fingerprint density at radius 2 is 1.02 bits per heavy atom. The van der Waals surface area contributed by atoms with E-state index in [-0.39, 0.29) is 29.7 Å². The molecule has 0 aliphatic rings. The van der Waals surface area contributed by atoms with Crippen LogP contribution in [0.2, 0.25) is 0 Å². The number of hydrogen-bond acceptors (Lipinski definition) is 7. The fraction of sp³-hybridized carbons (Fsp3) is 0.200. The second-order valence-corrected chi connectivity index (χ2v) is 10.2. The zero-order valence-corrected chi connectivity index (χ0v) is 25.2. The average molecular weight is 598 g/mol. The van der Waals surface area contributed by atoms with Crippen molar-refractivity contribution in [3.05, 3.63) is 118 Å². The number of carboxylic acid groups (broad SMARTS) is 1. The van der Waals surface area contributed by atoms with Crippen LogP contribution in [0.3, 0.4) is 0 Å². The van der Waals surface area contributed by atoms with Gasteiger partial charge in [0.2, 0.25) is 0 Å². The first-order chi connectivity index (χ1) is 20.9. The van der Waals surface area contributed by atoms with Crippen LogP contribution in [0.1, 0.15) is 59.5 Å². The molecular formula is C35H35NO8. The third-order valence-corrected chi connectivity index (χ3v) is 6.64. The average Bonchev–Trinajstić information content (AvgIpc) is 3.04. The van der Waals surface area contributed by atoms with Gasteiger partial charge in [0, 0.05) is 11.6 Å². The van der Waals surface area contributed by atoms with E-state index in [1.165, 1.54) is 26.4 Å². The van der Waals surface area contributed by atoms with Gasteiger partial charge in [-0.25, -0.2) is 14.4 Å². The second-order valence-electron chi connectivity index (χ2n) is 10.2. The predicted octanol–water partition coefficient (Wildman–Crippen LogP) is 5.71. The van der Waals surface area contributed by atoms with Crippen molar-refractivity contribution in [1.82, 2.24) is 5.32 Å². The van der Waals surface area contributed by atoms with Crippen LogP contribution in [0, 0.1) is 13.8 Å². The quantitative estimate of drug-likeness (QED) is 0.220. The number of aryl methyl sites for hydroxylation is 2. The van der Waals surface area contributed by atoms with E-state index in [2.05, 4.69) is 10.1 Å². The summed E-state index contributed by atoms with van der Waals surface area (Å²) in [4.78, 5) is 47.0. The van der Waals surface area contributed by atoms with Gasteiger partial charge >= 0.3 is 17.9 Å². The first kappa shape index (κ1) is 33.2. The molecule has 4 rings (SSSR count). The van der Waals surface area contributed by atoms with Gasteiger partial charge in [0.25, 0.3) is 5.91 Å². The van der Waals surface area contributed by atoms with Gasteiger partial charge in [-0.1, -0.05) is 59.7 Å². The van der Waals surface area contributed by atoms with E-state index in [1.54, 1.807) is 31.2 Å². The van der Waals surface area contributed by atoms with Gasteiger partial charge in [-0.2, -0.15) is 0 Å². The summed E-state index contributed by atoms with van der Waals surface area (Å²) in [5.74, 6) is -2.49. The molecule has 0 radical (unpaired) electrons. The normalized spacial score (nSPS) is 11.0. The van der Waals surface area contributed by atoms with Crippen molar-refractivity contribution in [2.45, 2.75) is 26.8 Å². The molecule has 0 aromatic heterocycles. The predicted molar refractivity (Wildman–Crippen MR) is 167 cm³/mol. The minimum absolute atomic E-state index is 0.0588. The molecule has 4 aromatic rings. The summed E-state index contributed by atoms with van der Waals surface area (Å²) < 4.78 is 9.42. The zero-order chi connectivity index (χ0) is 32.4. The fourth-order valence-electron chi connectivity index (χ4n) is 4.16. The number of methoxy groups -OCH3 is 2. The molecule has 0 saturated heterocycles. The third kappa shape index (κ3) is 8.86. The summed E-state index contributed by atoms with van der Waals surface area (Å²) in [6, 6.07) is 24.4. The van der Waals surface area contributed by atoms with Crippen LogP contribution in [0.5, 0.6) is 0 Å². The summed E-state index contributed by atoms with van der Waals surface area (Å²) in [5.41, 5.74) is 6.33. The Labute approximate surface area is 256 Å². The Morgan fingerprint density at radius 3 is 1.41 bits per heavy atom. The fourth-order valence-corrected chi connectivity index (χ4v) is 4.16. The molecule has 228 valence electrons. The molecule has 1 amide bonds. The van der Waals surface area contributed by atoms with Gasteiger partial charge in [-0.15, -0.1) is 0 Å². The molecule has 4 aromatic carbocycles. The Bertz CT molecular complexity index is 1640. The number of aliphatic hydroxyl groups is 1. The number of carbonyl (C=O) groups excluding carboxylic acids is 3. The van der Waals surface area contributed by atoms with Crippen molar-refractivity contribution >= 4 is 23.8 Å². The number of carboxylic acids is 1. The Balaban J connectivity index is 0.000000244. The first-order valence-electron chi connectivity index (χ1n) is 13.7. The molecule has 0 heterocycles. The van der Waals surface area contributed by atoms with Crippen LogP contribution in [0.15, 0.2) is 84.9 Å². The number of benzene rings is 4. The summed E-state index contributed by atoms with van der Waals surface area (Å²) in [7, 11) is 2.57. The van der Waals surface area contributed by atoms with Crippen LogP contribution in [0.25, 0.3) is 22.3 Å². The Morgan fingerprint density at radius 1 is 0.636 bits per heavy atom. The van der Waals surface area contributed by atoms with Crippen molar-refractivity contribution in [1.29, 1.82) is 0 Å². The first-order valence-corrected chi connectivity index (χ1v) is 13.7. The molecule has 0 bridgehead atoms. The summed E-state index contributed by atoms with van der Waals surface area (Å²) in [5, 5.41) is 20.9. The minimum atomic E-state index is -1.08. The molecule has 0 fully saturated rings. The molecule has 0 aliphatic carbocycles. The monoisotopic (exact) mass is 597 g/mol. The number of esters is 2. The van der Waals surface area contributed by atoms with E-state index in [4.69, 9.17) is 14.9 Å². The van der Waals surface area contributed by atoms with Crippen molar-refractivity contribution in [2.24, 2.45) is 0 Å². The molecule has 9 heteroatoms. The Kier molecular flexibility index (Phi) is 11.5. The smallest absolute Gasteiger partial charge is 0.337 e. The lowest BCUT2D eigenvalue weighted by Gasteiger charge is -2.13. The number of amides is 1. The van der Waals surface area contributed by atoms with E-state index in [9.17, 15) is 19.2 Å². The molecule has 0 saturated carbocycles. The number of nitrogens with one attached hydrogen (secondary N) is 1. The highest BCUT2D eigenvalue weighted by molar-refractivity contribution is 6.00. The maximum atomic E-state index is 12.3. The van der Waals surface area contributed by atoms with Gasteiger partial charge in [0.15, 0.2) is 0 Å². The van der Waals surface area contributed by atoms with E-state index >= 15 is 0 Å². The molecule has 1 atom stereocenters. The number of rotatable bonds is 8. The van der Waals surface area contributed by atoms with Gasteiger partial charge < -0.3 is 25.0 Å².